The minimum Gasteiger partial charge on any atom is -0.457 e. The molecule has 3 aliphatic heterocycles. The fourth-order valence-electron chi connectivity index (χ4n) is 17.2. The Morgan fingerprint density at radius 2 is 0.741 bits per heavy atom. The molecule has 1 saturated heterocycles. The van der Waals surface area contributed by atoms with Gasteiger partial charge < -0.3 is 31.8 Å². The number of para-hydroxylation sites is 4. The number of alkyl halides is 5. The highest BCUT2D eigenvalue weighted by Crippen LogP contribution is 2.65. The van der Waals surface area contributed by atoms with Crippen LogP contribution < -0.4 is 19.1 Å². The molecule has 5 aliphatic rings. The molecule has 0 saturated carbocycles. The molecule has 21 rings (SSSR count). The second-order valence-corrected chi connectivity index (χ2v) is 31.8. The van der Waals surface area contributed by atoms with E-state index in [0.717, 1.165) is 83.7 Å². The van der Waals surface area contributed by atoms with Crippen molar-refractivity contribution < 1.29 is 62.2 Å². The third-order valence-electron chi connectivity index (χ3n) is 22.8. The average molecular weight is 1560 g/mol. The number of nitrogens with zero attached hydrogens (tertiary/aromatic N) is 4. The molecule has 570 valence electrons. The average Bonchev–Trinajstić information content (AvgIpc) is 1.49. The van der Waals surface area contributed by atoms with Crippen molar-refractivity contribution in [2.75, 3.05) is 5.75 Å². The molecule has 13 nitrogen and oxygen atoms in total. The topological polar surface area (TPSA) is 158 Å². The molecule has 0 amide bonds. The van der Waals surface area contributed by atoms with Gasteiger partial charge in [0.05, 0.1) is 33.2 Å². The molecule has 0 N–H and O–H groups in total. The molecule has 0 radical (unpaired) electrons. The van der Waals surface area contributed by atoms with Crippen LogP contribution in [0.1, 0.15) is 78.6 Å². The van der Waals surface area contributed by atoms with Crippen molar-refractivity contribution in [1.29, 1.82) is 0 Å². The van der Waals surface area contributed by atoms with Crippen LogP contribution >= 0.6 is 0 Å². The fraction of sp³-hybridized carbons (Fsp3) is 0.125. The van der Waals surface area contributed by atoms with Crippen LogP contribution in [0.3, 0.4) is 0 Å². The largest absolute Gasteiger partial charge is 0.498 e. The summed E-state index contributed by atoms with van der Waals surface area (Å²) >= 11 is 0. The maximum absolute atomic E-state index is 13.8. The first-order chi connectivity index (χ1) is 56.1. The van der Waals surface area contributed by atoms with Gasteiger partial charge in [0.15, 0.2) is 11.5 Å². The van der Waals surface area contributed by atoms with E-state index in [1.165, 1.54) is 56.6 Å². The Morgan fingerprint density at radius 1 is 0.362 bits per heavy atom. The Balaban J connectivity index is 0.000000119. The van der Waals surface area contributed by atoms with Crippen LogP contribution in [0.4, 0.5) is 22.0 Å². The van der Waals surface area contributed by atoms with Crippen LogP contribution in [-0.4, -0.2) is 65.0 Å². The van der Waals surface area contributed by atoms with Gasteiger partial charge in [0.2, 0.25) is 17.7 Å². The molecule has 1 fully saturated rings. The Labute approximate surface area is 664 Å². The van der Waals surface area contributed by atoms with E-state index in [1.807, 2.05) is 36.4 Å². The minimum absolute atomic E-state index is 0.00417. The molecule has 2 spiro atoms. The second kappa shape index (κ2) is 27.9. The highest BCUT2D eigenvalue weighted by atomic mass is 32.2. The smallest absolute Gasteiger partial charge is 0.457 e. The number of fused-ring (bicyclic) bond motifs is 20. The normalized spacial score (nSPS) is 15.1. The zero-order chi connectivity index (χ0) is 79.5. The van der Waals surface area contributed by atoms with Gasteiger partial charge in [-0.15, -0.1) is 20.4 Å². The summed E-state index contributed by atoms with van der Waals surface area (Å²) in [5.41, 5.74) is 18.0. The predicted molar refractivity (Wildman–Crippen MR) is 438 cm³/mol. The number of benzene rings is 14. The lowest BCUT2D eigenvalue weighted by Gasteiger charge is -2.40. The van der Waals surface area contributed by atoms with Gasteiger partial charge in [0.25, 0.3) is 11.8 Å². The van der Waals surface area contributed by atoms with Gasteiger partial charge in [0, 0.05) is 44.4 Å². The van der Waals surface area contributed by atoms with Crippen LogP contribution in [-0.2, 0) is 30.3 Å². The Morgan fingerprint density at radius 3 is 1.24 bits per heavy atom. The Bertz CT molecular complexity index is 6590. The predicted octanol–water partition coefficient (Wildman–Crippen LogP) is 23.0. The molecule has 5 heterocycles. The monoisotopic (exact) mass is 1560 g/mol. The lowest BCUT2D eigenvalue weighted by molar-refractivity contribution is -0.181. The van der Waals surface area contributed by atoms with E-state index in [9.17, 15) is 30.4 Å². The summed E-state index contributed by atoms with van der Waals surface area (Å²) in [4.78, 5) is 0. The number of hydrogen-bond acceptors (Lipinski definition) is 13. The summed E-state index contributed by atoms with van der Waals surface area (Å²) < 4.78 is 133. The van der Waals surface area contributed by atoms with Crippen molar-refractivity contribution >= 4 is 44.2 Å². The van der Waals surface area contributed by atoms with Gasteiger partial charge in [-0.05, 0) is 142 Å². The third-order valence-corrected chi connectivity index (χ3v) is 24.0. The number of halogens is 5. The van der Waals surface area contributed by atoms with Crippen LogP contribution in [0.25, 0.3) is 101 Å². The highest BCUT2D eigenvalue weighted by molar-refractivity contribution is 7.87. The molecule has 0 bridgehead atoms. The zero-order valence-electron chi connectivity index (χ0n) is 62.8. The molecule has 16 aromatic rings. The van der Waals surface area contributed by atoms with E-state index in [-0.39, 0.29) is 17.3 Å². The van der Waals surface area contributed by atoms with Crippen molar-refractivity contribution in [1.82, 2.24) is 20.4 Å². The van der Waals surface area contributed by atoms with E-state index in [0.29, 0.717) is 28.1 Å². The number of aromatic nitrogens is 4. The molecule has 2 aliphatic carbocycles. The minimum atomic E-state index is -5.26. The quantitative estimate of drug-likeness (QED) is 0.0685. The fourth-order valence-corrected chi connectivity index (χ4v) is 18.3. The maximum Gasteiger partial charge on any atom is 0.498 e. The molecule has 0 unspecified atom stereocenters. The Hall–Kier alpha value is -13.1. The lowest BCUT2D eigenvalue weighted by Crippen LogP contribution is -2.41. The van der Waals surface area contributed by atoms with Gasteiger partial charge in [-0.1, -0.05) is 273 Å². The van der Waals surface area contributed by atoms with Crippen molar-refractivity contribution in [3.05, 3.63) is 360 Å². The number of rotatable bonds is 11. The number of hydrogen-bond donors (Lipinski definition) is 0. The SMILES string of the molecule is CC1(C)OB(c2cccc3c2Oc2ccccc2C32c3ccccc3-c3ccccc32)OC1(C)C.O=S(=O)(CC(F)(F)CC(F)(F)F)Oc1ccc2ccccc2c1-c1nnc(-c2ccccc2)o1.c1ccc(-c2nnc(-c3c(-c4cccc5c4Oc4ccccc4C54c5ccccc5-c5ccccc54)ccc4ccccc34)o2)cc1. The van der Waals surface area contributed by atoms with E-state index < -0.39 is 69.3 Å². The van der Waals surface area contributed by atoms with E-state index >= 15 is 0 Å². The van der Waals surface area contributed by atoms with Crippen molar-refractivity contribution in [2.24, 2.45) is 0 Å². The maximum atomic E-state index is 13.8. The third kappa shape index (κ3) is 12.2. The summed E-state index contributed by atoms with van der Waals surface area (Å²) in [6.45, 7) is 8.35. The summed E-state index contributed by atoms with van der Waals surface area (Å²) in [7, 11) is -5.66. The van der Waals surface area contributed by atoms with Crippen LogP contribution in [0.15, 0.2) is 324 Å². The first-order valence-corrected chi connectivity index (χ1v) is 39.4. The summed E-state index contributed by atoms with van der Waals surface area (Å²) in [6, 6.07) is 105. The summed E-state index contributed by atoms with van der Waals surface area (Å²) in [5.74, 6) is -2.91. The van der Waals surface area contributed by atoms with E-state index in [4.69, 9.17) is 31.8 Å². The standard InChI is InChI=1S/C43H26N2O2.C31H27BO3.C22H15F5N2O4S/c1-2-14-28(15-3-1)41-44-45-42(47-41)39-29-16-5-4-13-27(29)25-26-32(39)33-19-12-23-37-40(33)46-38-24-11-10-22-36(38)43(37)34-20-8-6-17-30(34)31-18-7-9-21-35(31)43;1-29(2)30(3,4)35-32(34-29)26-18-11-17-25-28(26)33-27-19-10-9-16-24(27)31(25)22-14-7-5-12-20(22)21-13-6-8-15-23(21)31;23-21(24,12-22(25,26)27)13-34(30,31)33-17-11-10-14-6-4-5-9-16(14)18(17)20-29-28-19(32-20)15-7-2-1-3-8-15/h1-26H;5-19H,1-4H3;1-11H,12-13H2. The van der Waals surface area contributed by atoms with E-state index in [2.05, 4.69) is 260 Å². The molecule has 2 aromatic heterocycles. The van der Waals surface area contributed by atoms with Crippen LogP contribution in [0.2, 0.25) is 0 Å². The van der Waals surface area contributed by atoms with Crippen LogP contribution in [0.5, 0.6) is 28.7 Å². The molecule has 0 atom stereocenters. The first-order valence-electron chi connectivity index (χ1n) is 37.8. The summed E-state index contributed by atoms with van der Waals surface area (Å²) in [5, 5.41) is 20.1. The van der Waals surface area contributed by atoms with Crippen LogP contribution in [0, 0.1) is 0 Å². The van der Waals surface area contributed by atoms with Gasteiger partial charge in [-0.25, -0.2) is 8.78 Å². The van der Waals surface area contributed by atoms with Gasteiger partial charge in [0.1, 0.15) is 29.4 Å². The second-order valence-electron chi connectivity index (χ2n) is 30.2. The van der Waals surface area contributed by atoms with Gasteiger partial charge >= 0.3 is 23.4 Å². The molecule has 20 heteroatoms. The van der Waals surface area contributed by atoms with Crippen molar-refractivity contribution in [3.8, 4) is 108 Å². The number of ether oxygens (including phenoxy) is 2. The van der Waals surface area contributed by atoms with Crippen molar-refractivity contribution in [2.45, 2.75) is 68.2 Å². The molecule has 116 heavy (non-hydrogen) atoms. The zero-order valence-corrected chi connectivity index (χ0v) is 63.6. The first kappa shape index (κ1) is 73.1. The lowest BCUT2D eigenvalue weighted by atomic mass is 9.64. The molecular formula is C96H68BF5N4O9S. The Kier molecular flexibility index (Phi) is 17.5. The van der Waals surface area contributed by atoms with E-state index in [1.54, 1.807) is 54.6 Å². The highest BCUT2D eigenvalue weighted by Gasteiger charge is 2.57. The molecular weight excluding hydrogens is 1490 g/mol. The van der Waals surface area contributed by atoms with Crippen molar-refractivity contribution in [3.63, 3.8) is 0 Å². The van der Waals surface area contributed by atoms with Gasteiger partial charge in [-0.2, -0.15) is 21.6 Å². The van der Waals surface area contributed by atoms with Gasteiger partial charge in [-0.3, -0.25) is 0 Å². The molecule has 14 aromatic carbocycles. The summed E-state index contributed by atoms with van der Waals surface area (Å²) in [6.07, 6.45) is -7.86.